The van der Waals surface area contributed by atoms with Crippen LogP contribution in [0.4, 0.5) is 4.39 Å². The van der Waals surface area contributed by atoms with Crippen LogP contribution >= 0.6 is 0 Å². The van der Waals surface area contributed by atoms with E-state index < -0.39 is 23.7 Å². The van der Waals surface area contributed by atoms with Crippen LogP contribution in [-0.2, 0) is 4.79 Å². The Bertz CT molecular complexity index is 864. The lowest BCUT2D eigenvalue weighted by Crippen LogP contribution is -2.48. The Labute approximate surface area is 170 Å². The maximum atomic E-state index is 13.0. The normalized spacial score (nSPS) is 12.2. The summed E-state index contributed by atoms with van der Waals surface area (Å²) >= 11 is 0. The summed E-state index contributed by atoms with van der Waals surface area (Å²) in [6.07, 6.45) is 1.56. The number of rotatable bonds is 8. The van der Waals surface area contributed by atoms with Gasteiger partial charge in [0.2, 0.25) is 0 Å². The van der Waals surface area contributed by atoms with Crippen molar-refractivity contribution in [2.75, 3.05) is 0 Å². The van der Waals surface area contributed by atoms with E-state index >= 15 is 0 Å². The molecule has 0 saturated heterocycles. The summed E-state index contributed by atoms with van der Waals surface area (Å²) in [5.41, 5.74) is 3.49. The number of amides is 2. The van der Waals surface area contributed by atoms with Crippen LogP contribution in [0.2, 0.25) is 0 Å². The first-order valence-electron chi connectivity index (χ1n) is 9.42. The molecule has 0 fully saturated rings. The van der Waals surface area contributed by atoms with Crippen LogP contribution in [0.3, 0.4) is 0 Å². The van der Waals surface area contributed by atoms with E-state index in [1.54, 1.807) is 0 Å². The molecule has 1 atom stereocenters. The molecule has 0 radical (unpaired) electrons. The Morgan fingerprint density at radius 1 is 1.07 bits per heavy atom. The molecule has 0 saturated carbocycles. The number of halogens is 1. The van der Waals surface area contributed by atoms with E-state index in [1.807, 2.05) is 52.0 Å². The van der Waals surface area contributed by atoms with Gasteiger partial charge in [0.1, 0.15) is 17.6 Å². The maximum Gasteiger partial charge on any atom is 0.262 e. The molecule has 29 heavy (non-hydrogen) atoms. The van der Waals surface area contributed by atoms with Crippen LogP contribution in [0.25, 0.3) is 0 Å². The number of carbonyl (C=O) groups is 2. The summed E-state index contributed by atoms with van der Waals surface area (Å²) in [4.78, 5) is 24.8. The standard InChI is InChI=1S/C22H26FN3O3/c1-14(2)20(25-21(27)17-8-10-18(23)11-9-17)22(28)26-24-13-16-6-5-7-19(12-16)29-15(3)4/h5-15,20H,1-4H3,(H,25,27)(H,26,28)/b24-13+. The first-order valence-corrected chi connectivity index (χ1v) is 9.42. The molecule has 0 heterocycles. The zero-order valence-corrected chi connectivity index (χ0v) is 17.0. The third-order valence-corrected chi connectivity index (χ3v) is 3.96. The van der Waals surface area contributed by atoms with E-state index in [1.165, 1.54) is 30.5 Å². The van der Waals surface area contributed by atoms with Crippen molar-refractivity contribution in [3.63, 3.8) is 0 Å². The maximum absolute atomic E-state index is 13.0. The van der Waals surface area contributed by atoms with Crippen LogP contribution in [0.5, 0.6) is 5.75 Å². The lowest BCUT2D eigenvalue weighted by Gasteiger charge is -2.20. The number of benzene rings is 2. The van der Waals surface area contributed by atoms with E-state index in [9.17, 15) is 14.0 Å². The average Bonchev–Trinajstić information content (AvgIpc) is 2.66. The zero-order chi connectivity index (χ0) is 21.4. The van der Waals surface area contributed by atoms with Gasteiger partial charge in [0.15, 0.2) is 0 Å². The van der Waals surface area contributed by atoms with Crippen molar-refractivity contribution >= 4 is 18.0 Å². The van der Waals surface area contributed by atoms with Gasteiger partial charge in [0, 0.05) is 5.56 Å². The fraction of sp³-hybridized carbons (Fsp3) is 0.318. The minimum Gasteiger partial charge on any atom is -0.491 e. The Kier molecular flexibility index (Phi) is 7.88. The molecule has 154 valence electrons. The summed E-state index contributed by atoms with van der Waals surface area (Å²) in [6.45, 7) is 7.50. The van der Waals surface area contributed by atoms with Gasteiger partial charge in [-0.2, -0.15) is 5.10 Å². The van der Waals surface area contributed by atoms with Gasteiger partial charge in [0.05, 0.1) is 12.3 Å². The Hall–Kier alpha value is -3.22. The number of hydrogen-bond donors (Lipinski definition) is 2. The molecule has 1 unspecified atom stereocenters. The van der Waals surface area contributed by atoms with E-state index in [0.29, 0.717) is 5.75 Å². The largest absolute Gasteiger partial charge is 0.491 e. The van der Waals surface area contributed by atoms with Gasteiger partial charge in [-0.05, 0) is 61.7 Å². The number of carbonyl (C=O) groups excluding carboxylic acids is 2. The summed E-state index contributed by atoms with van der Waals surface area (Å²) < 4.78 is 18.6. The number of hydrogen-bond acceptors (Lipinski definition) is 4. The second-order valence-electron chi connectivity index (χ2n) is 7.18. The first kappa shape index (κ1) is 22.1. The average molecular weight is 399 g/mol. The van der Waals surface area contributed by atoms with Crippen molar-refractivity contribution in [3.8, 4) is 5.75 Å². The summed E-state index contributed by atoms with van der Waals surface area (Å²) in [7, 11) is 0. The molecule has 0 bridgehead atoms. The van der Waals surface area contributed by atoms with Crippen LogP contribution < -0.4 is 15.5 Å². The molecular formula is C22H26FN3O3. The molecule has 0 aliphatic heterocycles. The van der Waals surface area contributed by atoms with Crippen molar-refractivity contribution in [2.45, 2.75) is 39.8 Å². The molecule has 7 heteroatoms. The minimum absolute atomic E-state index is 0.0541. The van der Waals surface area contributed by atoms with Gasteiger partial charge in [-0.15, -0.1) is 0 Å². The minimum atomic E-state index is -0.791. The fourth-order valence-electron chi connectivity index (χ4n) is 2.54. The van der Waals surface area contributed by atoms with Gasteiger partial charge in [-0.1, -0.05) is 26.0 Å². The molecule has 0 spiro atoms. The Morgan fingerprint density at radius 2 is 1.76 bits per heavy atom. The molecule has 2 N–H and O–H groups in total. The Morgan fingerprint density at radius 3 is 2.38 bits per heavy atom. The van der Waals surface area contributed by atoms with E-state index in [-0.39, 0.29) is 17.6 Å². The van der Waals surface area contributed by atoms with Crippen molar-refractivity contribution in [2.24, 2.45) is 11.0 Å². The molecule has 2 rings (SSSR count). The predicted octanol–water partition coefficient (Wildman–Crippen LogP) is 3.52. The van der Waals surface area contributed by atoms with Gasteiger partial charge in [-0.25, -0.2) is 9.82 Å². The monoisotopic (exact) mass is 399 g/mol. The number of nitrogens with zero attached hydrogens (tertiary/aromatic N) is 1. The second-order valence-corrected chi connectivity index (χ2v) is 7.18. The predicted molar refractivity (Wildman–Crippen MR) is 110 cm³/mol. The molecule has 0 aliphatic rings. The quantitative estimate of drug-likeness (QED) is 0.527. The topological polar surface area (TPSA) is 79.8 Å². The molecule has 0 aliphatic carbocycles. The third-order valence-electron chi connectivity index (χ3n) is 3.96. The highest BCUT2D eigenvalue weighted by Gasteiger charge is 2.24. The number of nitrogens with one attached hydrogen (secondary N) is 2. The smallest absolute Gasteiger partial charge is 0.262 e. The van der Waals surface area contributed by atoms with Crippen molar-refractivity contribution < 1.29 is 18.7 Å². The number of hydrazone groups is 1. The highest BCUT2D eigenvalue weighted by Crippen LogP contribution is 2.13. The summed E-state index contributed by atoms with van der Waals surface area (Å²) in [6, 6.07) is 11.7. The molecule has 2 aromatic rings. The fourth-order valence-corrected chi connectivity index (χ4v) is 2.54. The first-order chi connectivity index (χ1) is 13.8. The van der Waals surface area contributed by atoms with Crippen LogP contribution in [0, 0.1) is 11.7 Å². The molecular weight excluding hydrogens is 373 g/mol. The SMILES string of the molecule is CC(C)Oc1cccc(/C=N/NC(=O)C(NC(=O)c2ccc(F)cc2)C(C)C)c1. The van der Waals surface area contributed by atoms with E-state index in [4.69, 9.17) is 4.74 Å². The van der Waals surface area contributed by atoms with Gasteiger partial charge < -0.3 is 10.1 Å². The zero-order valence-electron chi connectivity index (χ0n) is 17.0. The van der Waals surface area contributed by atoms with E-state index in [0.717, 1.165) is 5.56 Å². The third kappa shape index (κ3) is 7.03. The van der Waals surface area contributed by atoms with Crippen molar-refractivity contribution in [3.05, 3.63) is 65.5 Å². The Balaban J connectivity index is 1.99. The van der Waals surface area contributed by atoms with Crippen molar-refractivity contribution in [1.29, 1.82) is 0 Å². The van der Waals surface area contributed by atoms with Crippen molar-refractivity contribution in [1.82, 2.24) is 10.7 Å². The van der Waals surface area contributed by atoms with E-state index in [2.05, 4.69) is 15.8 Å². The lowest BCUT2D eigenvalue weighted by atomic mass is 10.0. The highest BCUT2D eigenvalue weighted by atomic mass is 19.1. The molecule has 6 nitrogen and oxygen atoms in total. The van der Waals surface area contributed by atoms with Crippen LogP contribution in [-0.4, -0.2) is 30.2 Å². The molecule has 2 aromatic carbocycles. The van der Waals surface area contributed by atoms with Gasteiger partial charge >= 0.3 is 0 Å². The summed E-state index contributed by atoms with van der Waals surface area (Å²) in [5.74, 6) is -0.793. The lowest BCUT2D eigenvalue weighted by molar-refractivity contribution is -0.123. The van der Waals surface area contributed by atoms with Gasteiger partial charge in [0.25, 0.3) is 11.8 Å². The van der Waals surface area contributed by atoms with Crippen LogP contribution in [0.15, 0.2) is 53.6 Å². The second kappa shape index (κ2) is 10.4. The molecule has 0 aromatic heterocycles. The summed E-state index contributed by atoms with van der Waals surface area (Å²) in [5, 5.41) is 6.64. The van der Waals surface area contributed by atoms with Crippen LogP contribution in [0.1, 0.15) is 43.6 Å². The highest BCUT2D eigenvalue weighted by molar-refractivity contribution is 5.97. The molecule has 2 amide bonds. The van der Waals surface area contributed by atoms with Gasteiger partial charge in [-0.3, -0.25) is 9.59 Å². The number of ether oxygens (including phenoxy) is 1.